The number of nitrogens with zero attached hydrogens (tertiary/aromatic N) is 2. The predicted molar refractivity (Wildman–Crippen MR) is 92.2 cm³/mol. The van der Waals surface area contributed by atoms with Gasteiger partial charge in [0.1, 0.15) is 0 Å². The fraction of sp³-hybridized carbons (Fsp3) is 0.500. The van der Waals surface area contributed by atoms with Crippen LogP contribution in [0.2, 0.25) is 0 Å². The Morgan fingerprint density at radius 2 is 2.00 bits per heavy atom. The van der Waals surface area contributed by atoms with Gasteiger partial charge in [-0.3, -0.25) is 4.79 Å². The van der Waals surface area contributed by atoms with Crippen LogP contribution in [0.5, 0.6) is 0 Å². The first-order valence-corrected chi connectivity index (χ1v) is 7.83. The molecule has 1 fully saturated rings. The van der Waals surface area contributed by atoms with E-state index >= 15 is 0 Å². The molecule has 0 aliphatic carbocycles. The van der Waals surface area contributed by atoms with Crippen LogP contribution in [0.4, 0.5) is 5.69 Å². The minimum Gasteiger partial charge on any atom is -0.378 e. The third-order valence-corrected chi connectivity index (χ3v) is 4.25. The average molecular weight is 321 g/mol. The molecule has 6 heteroatoms. The Kier molecular flexibility index (Phi) is 5.74. The quantitative estimate of drug-likeness (QED) is 0.860. The van der Waals surface area contributed by atoms with Crippen LogP contribution in [0.1, 0.15) is 11.1 Å². The van der Waals surface area contributed by atoms with Crippen LogP contribution in [-0.2, 0) is 9.53 Å². The molecule has 0 saturated carbocycles. The number of morpholine rings is 1. The number of ether oxygens (including phenoxy) is 1. The van der Waals surface area contributed by atoms with Gasteiger partial charge in [-0.1, -0.05) is 6.07 Å². The molecule has 0 bridgehead atoms. The maximum absolute atomic E-state index is 12.2. The smallest absolute Gasteiger partial charge is 0.242 e. The molecule has 1 aromatic rings. The lowest BCUT2D eigenvalue weighted by molar-refractivity contribution is -0.135. The molecule has 0 spiro atoms. The lowest BCUT2D eigenvalue weighted by atomic mass is 10.1. The van der Waals surface area contributed by atoms with E-state index in [1.54, 1.807) is 4.90 Å². The van der Waals surface area contributed by atoms with Crippen molar-refractivity contribution in [3.8, 4) is 0 Å². The summed E-state index contributed by atoms with van der Waals surface area (Å²) in [5, 5.41) is 3.73. The molecule has 1 aromatic carbocycles. The first-order valence-electron chi connectivity index (χ1n) is 7.42. The summed E-state index contributed by atoms with van der Waals surface area (Å²) >= 11 is 5.37. The Morgan fingerprint density at radius 1 is 1.32 bits per heavy atom. The van der Waals surface area contributed by atoms with Crippen molar-refractivity contribution in [2.24, 2.45) is 0 Å². The molecule has 1 aliphatic heterocycles. The highest BCUT2D eigenvalue weighted by atomic mass is 32.1. The van der Waals surface area contributed by atoms with Crippen molar-refractivity contribution in [2.45, 2.75) is 13.8 Å². The second-order valence-corrected chi connectivity index (χ2v) is 5.97. The summed E-state index contributed by atoms with van der Waals surface area (Å²) in [5.74, 6) is 0.0787. The molecule has 22 heavy (non-hydrogen) atoms. The standard InChI is InChI=1S/C16H23N3O2S/c1-12-4-5-14(10-13(12)2)17-16(22)18(3)11-15(20)19-6-8-21-9-7-19/h4-5,10H,6-9,11H2,1-3H3,(H,17,22). The van der Waals surface area contributed by atoms with Crippen molar-refractivity contribution in [3.63, 3.8) is 0 Å². The van der Waals surface area contributed by atoms with Gasteiger partial charge in [-0.2, -0.15) is 0 Å². The van der Waals surface area contributed by atoms with Crippen molar-refractivity contribution in [3.05, 3.63) is 29.3 Å². The predicted octanol–water partition coefficient (Wildman–Crippen LogP) is 1.79. The van der Waals surface area contributed by atoms with Gasteiger partial charge in [-0.25, -0.2) is 0 Å². The largest absolute Gasteiger partial charge is 0.378 e. The zero-order chi connectivity index (χ0) is 16.1. The Hall–Kier alpha value is -1.66. The van der Waals surface area contributed by atoms with Crippen LogP contribution < -0.4 is 5.32 Å². The Morgan fingerprint density at radius 3 is 2.64 bits per heavy atom. The van der Waals surface area contributed by atoms with Gasteiger partial charge in [0.25, 0.3) is 0 Å². The highest BCUT2D eigenvalue weighted by Crippen LogP contribution is 2.14. The van der Waals surface area contributed by atoms with Crippen molar-refractivity contribution < 1.29 is 9.53 Å². The van der Waals surface area contributed by atoms with E-state index in [1.165, 1.54) is 11.1 Å². The van der Waals surface area contributed by atoms with Gasteiger partial charge in [0.05, 0.1) is 19.8 Å². The number of carbonyl (C=O) groups is 1. The third-order valence-electron chi connectivity index (χ3n) is 3.84. The van der Waals surface area contributed by atoms with Crippen LogP contribution >= 0.6 is 12.2 Å². The van der Waals surface area contributed by atoms with Gasteiger partial charge in [-0.05, 0) is 49.3 Å². The van der Waals surface area contributed by atoms with Crippen molar-refractivity contribution in [2.75, 3.05) is 45.2 Å². The normalized spacial score (nSPS) is 14.6. The van der Waals surface area contributed by atoms with E-state index in [1.807, 2.05) is 18.0 Å². The van der Waals surface area contributed by atoms with Gasteiger partial charge in [-0.15, -0.1) is 0 Å². The zero-order valence-electron chi connectivity index (χ0n) is 13.4. The monoisotopic (exact) mass is 321 g/mol. The number of benzene rings is 1. The van der Waals surface area contributed by atoms with Crippen LogP contribution in [0.15, 0.2) is 18.2 Å². The number of hydrogen-bond acceptors (Lipinski definition) is 3. The summed E-state index contributed by atoms with van der Waals surface area (Å²) in [6.07, 6.45) is 0. The number of thiocarbonyl (C=S) groups is 1. The fourth-order valence-corrected chi connectivity index (χ4v) is 2.41. The number of nitrogens with one attached hydrogen (secondary N) is 1. The molecular weight excluding hydrogens is 298 g/mol. The van der Waals surface area contributed by atoms with Crippen LogP contribution in [0.25, 0.3) is 0 Å². The number of anilines is 1. The third kappa shape index (κ3) is 4.42. The molecule has 0 aromatic heterocycles. The highest BCUT2D eigenvalue weighted by Gasteiger charge is 2.19. The van der Waals surface area contributed by atoms with Gasteiger partial charge in [0, 0.05) is 25.8 Å². The number of hydrogen-bond donors (Lipinski definition) is 1. The molecule has 0 radical (unpaired) electrons. The molecule has 1 N–H and O–H groups in total. The molecular formula is C16H23N3O2S. The lowest BCUT2D eigenvalue weighted by Crippen LogP contribution is -2.46. The topological polar surface area (TPSA) is 44.8 Å². The number of rotatable bonds is 3. The van der Waals surface area contributed by atoms with Crippen LogP contribution in [0.3, 0.4) is 0 Å². The Labute approximate surface area is 137 Å². The maximum atomic E-state index is 12.2. The minimum absolute atomic E-state index is 0.0787. The highest BCUT2D eigenvalue weighted by molar-refractivity contribution is 7.80. The Balaban J connectivity index is 1.88. The van der Waals surface area contributed by atoms with E-state index < -0.39 is 0 Å². The lowest BCUT2D eigenvalue weighted by Gasteiger charge is -2.29. The summed E-state index contributed by atoms with van der Waals surface area (Å²) in [6.45, 7) is 6.95. The van der Waals surface area contributed by atoms with Crippen molar-refractivity contribution >= 4 is 28.9 Å². The summed E-state index contributed by atoms with van der Waals surface area (Å²) in [7, 11) is 1.83. The maximum Gasteiger partial charge on any atom is 0.242 e. The first-order chi connectivity index (χ1) is 10.5. The van der Waals surface area contributed by atoms with E-state index in [4.69, 9.17) is 17.0 Å². The Bertz CT molecular complexity index is 556. The van der Waals surface area contributed by atoms with E-state index in [2.05, 4.69) is 31.3 Å². The molecule has 0 unspecified atom stereocenters. The number of carbonyl (C=O) groups excluding carboxylic acids is 1. The van der Waals surface area contributed by atoms with E-state index in [0.717, 1.165) is 5.69 Å². The molecule has 120 valence electrons. The van der Waals surface area contributed by atoms with E-state index in [0.29, 0.717) is 31.4 Å². The van der Waals surface area contributed by atoms with Crippen molar-refractivity contribution in [1.82, 2.24) is 9.80 Å². The van der Waals surface area contributed by atoms with E-state index in [9.17, 15) is 4.79 Å². The van der Waals surface area contributed by atoms with Gasteiger partial charge in [0.2, 0.25) is 5.91 Å². The fourth-order valence-electron chi connectivity index (χ4n) is 2.23. The zero-order valence-corrected chi connectivity index (χ0v) is 14.2. The molecule has 1 amide bonds. The van der Waals surface area contributed by atoms with E-state index in [-0.39, 0.29) is 12.5 Å². The number of amides is 1. The number of likely N-dealkylation sites (N-methyl/N-ethyl adjacent to an activating group) is 1. The van der Waals surface area contributed by atoms with Gasteiger partial charge >= 0.3 is 0 Å². The van der Waals surface area contributed by atoms with Crippen LogP contribution in [-0.4, -0.2) is 60.7 Å². The molecule has 1 saturated heterocycles. The second-order valence-electron chi connectivity index (χ2n) is 5.58. The summed E-state index contributed by atoms with van der Waals surface area (Å²) in [4.78, 5) is 15.8. The number of aryl methyl sites for hydroxylation is 2. The molecule has 5 nitrogen and oxygen atoms in total. The van der Waals surface area contributed by atoms with Gasteiger partial charge in [0.15, 0.2) is 5.11 Å². The molecule has 0 atom stereocenters. The van der Waals surface area contributed by atoms with Gasteiger partial charge < -0.3 is 19.9 Å². The molecule has 2 rings (SSSR count). The second kappa shape index (κ2) is 7.56. The summed E-state index contributed by atoms with van der Waals surface area (Å²) < 4.78 is 5.26. The molecule has 1 aliphatic rings. The minimum atomic E-state index is 0.0787. The van der Waals surface area contributed by atoms with Crippen LogP contribution in [0, 0.1) is 13.8 Å². The molecule has 1 heterocycles. The summed E-state index contributed by atoms with van der Waals surface area (Å²) in [6, 6.07) is 6.10. The summed E-state index contributed by atoms with van der Waals surface area (Å²) in [5.41, 5.74) is 3.39. The van der Waals surface area contributed by atoms with Crippen molar-refractivity contribution in [1.29, 1.82) is 0 Å². The SMILES string of the molecule is Cc1ccc(NC(=S)N(C)CC(=O)N2CCOCC2)cc1C. The average Bonchev–Trinajstić information content (AvgIpc) is 2.51. The first kappa shape index (κ1) is 16.7.